The summed E-state index contributed by atoms with van der Waals surface area (Å²) in [6, 6.07) is 6.56. The van der Waals surface area contributed by atoms with Gasteiger partial charge in [-0.2, -0.15) is 0 Å². The molecule has 1 heterocycles. The van der Waals surface area contributed by atoms with Crippen LogP contribution >= 0.6 is 11.6 Å². The quantitative estimate of drug-likeness (QED) is 0.819. The lowest BCUT2D eigenvalue weighted by Gasteiger charge is -2.35. The summed E-state index contributed by atoms with van der Waals surface area (Å²) in [5, 5.41) is 3.39. The number of carbonyl (C=O) groups excluding carboxylic acids is 3. The van der Waals surface area contributed by atoms with Crippen LogP contribution in [0.1, 0.15) is 50.6 Å². The Morgan fingerprint density at radius 1 is 1.23 bits per heavy atom. The fourth-order valence-electron chi connectivity index (χ4n) is 4.01. The van der Waals surface area contributed by atoms with Crippen molar-refractivity contribution in [3.8, 4) is 0 Å². The smallest absolute Gasteiger partial charge is 0.327 e. The van der Waals surface area contributed by atoms with Crippen molar-refractivity contribution in [2.75, 3.05) is 13.6 Å². The summed E-state index contributed by atoms with van der Waals surface area (Å²) in [5.74, 6) is -0.620. The zero-order valence-electron chi connectivity index (χ0n) is 15.1. The summed E-state index contributed by atoms with van der Waals surface area (Å²) in [4.78, 5) is 40.5. The van der Waals surface area contributed by atoms with Gasteiger partial charge in [0.15, 0.2) is 0 Å². The number of amides is 4. The van der Waals surface area contributed by atoms with Crippen LogP contribution in [0.2, 0.25) is 5.02 Å². The third kappa shape index (κ3) is 3.18. The van der Waals surface area contributed by atoms with Gasteiger partial charge in [-0.1, -0.05) is 49.1 Å². The molecule has 1 saturated carbocycles. The molecule has 1 aromatic carbocycles. The van der Waals surface area contributed by atoms with Crippen molar-refractivity contribution in [1.29, 1.82) is 0 Å². The van der Waals surface area contributed by atoms with Crippen LogP contribution in [0, 0.1) is 0 Å². The topological polar surface area (TPSA) is 69.7 Å². The molecule has 2 fully saturated rings. The average Bonchev–Trinajstić information content (AvgIpc) is 2.79. The minimum Gasteiger partial charge on any atom is -0.348 e. The number of carbonyl (C=O) groups is 3. The van der Waals surface area contributed by atoms with Gasteiger partial charge in [-0.05, 0) is 31.4 Å². The molecule has 4 amide bonds. The van der Waals surface area contributed by atoms with Crippen molar-refractivity contribution in [1.82, 2.24) is 15.1 Å². The molecule has 1 spiro atoms. The molecule has 2 aliphatic rings. The predicted molar refractivity (Wildman–Crippen MR) is 98.7 cm³/mol. The summed E-state index contributed by atoms with van der Waals surface area (Å²) < 4.78 is 0. The number of rotatable bonds is 4. The van der Waals surface area contributed by atoms with Gasteiger partial charge in [-0.25, -0.2) is 4.79 Å². The molecule has 1 saturated heterocycles. The average molecular weight is 378 g/mol. The maximum Gasteiger partial charge on any atom is 0.327 e. The van der Waals surface area contributed by atoms with Gasteiger partial charge in [0, 0.05) is 12.1 Å². The summed E-state index contributed by atoms with van der Waals surface area (Å²) in [7, 11) is 1.66. The fraction of sp³-hybridized carbons (Fsp3) is 0.526. The molecular weight excluding hydrogens is 354 g/mol. The lowest BCUT2D eigenvalue weighted by atomic mass is 9.81. The molecular formula is C19H24ClN3O3. The predicted octanol–water partition coefficient (Wildman–Crippen LogP) is 3.11. The maximum atomic E-state index is 12.9. The highest BCUT2D eigenvalue weighted by molar-refractivity contribution is 6.31. The van der Waals surface area contributed by atoms with Crippen LogP contribution in [0.4, 0.5) is 4.79 Å². The number of urea groups is 1. The Balaban J connectivity index is 1.68. The third-order valence-electron chi connectivity index (χ3n) is 5.53. The molecule has 7 heteroatoms. The lowest BCUT2D eigenvalue weighted by molar-refractivity contribution is -0.137. The van der Waals surface area contributed by atoms with Crippen molar-refractivity contribution >= 4 is 29.4 Å². The normalized spacial score (nSPS) is 20.6. The van der Waals surface area contributed by atoms with Gasteiger partial charge in [0.1, 0.15) is 12.1 Å². The number of nitrogens with one attached hydrogen (secondary N) is 1. The van der Waals surface area contributed by atoms with E-state index < -0.39 is 11.6 Å². The summed E-state index contributed by atoms with van der Waals surface area (Å²) in [6.45, 7) is 1.56. The van der Waals surface area contributed by atoms with E-state index in [9.17, 15) is 14.4 Å². The molecule has 140 valence electrons. The van der Waals surface area contributed by atoms with Crippen molar-refractivity contribution in [3.05, 3.63) is 34.9 Å². The molecule has 0 aromatic heterocycles. The van der Waals surface area contributed by atoms with Gasteiger partial charge in [-0.15, -0.1) is 0 Å². The number of likely N-dealkylation sites (N-methyl/N-ethyl adjacent to an activating group) is 1. The maximum absolute atomic E-state index is 12.9. The van der Waals surface area contributed by atoms with E-state index in [2.05, 4.69) is 5.32 Å². The van der Waals surface area contributed by atoms with Gasteiger partial charge in [-0.3, -0.25) is 14.5 Å². The Hall–Kier alpha value is -2.08. The van der Waals surface area contributed by atoms with Crippen molar-refractivity contribution in [3.63, 3.8) is 0 Å². The van der Waals surface area contributed by atoms with E-state index in [0.29, 0.717) is 17.9 Å². The number of hydrogen-bond donors (Lipinski definition) is 1. The molecule has 1 N–H and O–H groups in total. The van der Waals surface area contributed by atoms with Gasteiger partial charge < -0.3 is 10.2 Å². The van der Waals surface area contributed by atoms with Gasteiger partial charge in [0.25, 0.3) is 5.91 Å². The molecule has 1 aromatic rings. The monoisotopic (exact) mass is 377 g/mol. The van der Waals surface area contributed by atoms with E-state index in [1.807, 2.05) is 25.1 Å². The first-order valence-electron chi connectivity index (χ1n) is 9.00. The third-order valence-corrected chi connectivity index (χ3v) is 5.88. The zero-order chi connectivity index (χ0) is 18.9. The SMILES string of the molecule is C[C@H](NC(=O)CN1C(=O)N(C)C2(CCCCC2)C1=O)c1ccccc1Cl. The van der Waals surface area contributed by atoms with Crippen molar-refractivity contribution in [2.24, 2.45) is 0 Å². The Morgan fingerprint density at radius 3 is 2.54 bits per heavy atom. The summed E-state index contributed by atoms with van der Waals surface area (Å²) >= 11 is 6.16. The van der Waals surface area contributed by atoms with E-state index >= 15 is 0 Å². The van der Waals surface area contributed by atoms with Crippen molar-refractivity contribution < 1.29 is 14.4 Å². The van der Waals surface area contributed by atoms with E-state index in [-0.39, 0.29) is 24.4 Å². The van der Waals surface area contributed by atoms with Crippen LogP contribution in [-0.4, -0.2) is 46.8 Å². The summed E-state index contributed by atoms with van der Waals surface area (Å²) in [6.07, 6.45) is 4.26. The first kappa shape index (κ1) is 18.7. The highest BCUT2D eigenvalue weighted by Crippen LogP contribution is 2.39. The first-order chi connectivity index (χ1) is 12.4. The molecule has 0 unspecified atom stereocenters. The highest BCUT2D eigenvalue weighted by atomic mass is 35.5. The Bertz CT molecular complexity index is 730. The molecule has 3 rings (SSSR count). The minimum atomic E-state index is -0.760. The standard InChI is InChI=1S/C19H24ClN3O3/c1-13(14-8-4-5-9-15(14)20)21-16(24)12-23-17(25)19(22(2)18(23)26)10-6-3-7-11-19/h4-5,8-9,13H,3,6-7,10-12H2,1-2H3,(H,21,24)/t13-/m0/s1. The number of imide groups is 1. The van der Waals surface area contributed by atoms with Gasteiger partial charge >= 0.3 is 6.03 Å². The van der Waals surface area contributed by atoms with Crippen molar-refractivity contribution in [2.45, 2.75) is 50.6 Å². The second kappa shape index (κ2) is 7.27. The number of benzene rings is 1. The van der Waals surface area contributed by atoms with E-state index in [0.717, 1.165) is 29.7 Å². The lowest BCUT2D eigenvalue weighted by Crippen LogP contribution is -2.49. The van der Waals surface area contributed by atoms with Gasteiger partial charge in [0.2, 0.25) is 5.91 Å². The van der Waals surface area contributed by atoms with Crippen LogP contribution in [-0.2, 0) is 9.59 Å². The highest BCUT2D eigenvalue weighted by Gasteiger charge is 2.55. The minimum absolute atomic E-state index is 0.245. The number of halogens is 1. The molecule has 6 nitrogen and oxygen atoms in total. The Morgan fingerprint density at radius 2 is 1.88 bits per heavy atom. The molecule has 1 aliphatic heterocycles. The van der Waals surface area contributed by atoms with Gasteiger partial charge in [0.05, 0.1) is 6.04 Å². The molecule has 1 aliphatic carbocycles. The van der Waals surface area contributed by atoms with Crippen LogP contribution < -0.4 is 5.32 Å². The van der Waals surface area contributed by atoms with E-state index in [4.69, 9.17) is 11.6 Å². The zero-order valence-corrected chi connectivity index (χ0v) is 15.9. The molecule has 1 atom stereocenters. The Labute approximate surface area is 158 Å². The van der Waals surface area contributed by atoms with Crippen LogP contribution in [0.5, 0.6) is 0 Å². The largest absolute Gasteiger partial charge is 0.348 e. The molecule has 0 radical (unpaired) electrons. The first-order valence-corrected chi connectivity index (χ1v) is 9.38. The van der Waals surface area contributed by atoms with E-state index in [1.54, 1.807) is 13.1 Å². The Kier molecular flexibility index (Phi) is 5.23. The number of nitrogens with zero attached hydrogens (tertiary/aromatic N) is 2. The molecule has 0 bridgehead atoms. The van der Waals surface area contributed by atoms with Crippen LogP contribution in [0.25, 0.3) is 0 Å². The molecule has 26 heavy (non-hydrogen) atoms. The van der Waals surface area contributed by atoms with Crippen LogP contribution in [0.15, 0.2) is 24.3 Å². The van der Waals surface area contributed by atoms with Crippen LogP contribution in [0.3, 0.4) is 0 Å². The fourth-order valence-corrected chi connectivity index (χ4v) is 4.31. The summed E-state index contributed by atoms with van der Waals surface area (Å²) in [5.41, 5.74) is 0.0340. The second-order valence-corrected chi connectivity index (χ2v) is 7.54. The van der Waals surface area contributed by atoms with E-state index in [1.165, 1.54) is 4.90 Å². The number of hydrogen-bond acceptors (Lipinski definition) is 3. The second-order valence-electron chi connectivity index (χ2n) is 7.14.